The minimum atomic E-state index is -0.106. The first-order valence-corrected chi connectivity index (χ1v) is 6.63. The average Bonchev–Trinajstić information content (AvgIpc) is 2.08. The Balaban J connectivity index is 0.000000292. The van der Waals surface area contributed by atoms with Crippen molar-refractivity contribution in [2.45, 2.75) is 0 Å². The summed E-state index contributed by atoms with van der Waals surface area (Å²) in [5, 5.41) is 8.29. The monoisotopic (exact) mass is 279 g/mol. The topological polar surface area (TPSA) is 23.8 Å². The molecule has 0 unspecified atom stereocenters. The Bertz CT molecular complexity index is 220. The molecule has 11 heavy (non-hydrogen) atoms. The maximum absolute atomic E-state index is 8.29. The van der Waals surface area contributed by atoms with E-state index in [-0.39, 0.29) is 15.9 Å². The summed E-state index contributed by atoms with van der Waals surface area (Å²) >= 11 is -0.106. The van der Waals surface area contributed by atoms with E-state index in [4.69, 9.17) is 24.3 Å². The average molecular weight is 280 g/mol. The van der Waals surface area contributed by atoms with Crippen molar-refractivity contribution in [3.63, 3.8) is 0 Å². The van der Waals surface area contributed by atoms with Crippen molar-refractivity contribution in [1.29, 1.82) is 5.26 Å². The Labute approximate surface area is 82.0 Å². The van der Waals surface area contributed by atoms with Crippen LogP contribution in [0, 0.1) is 11.3 Å². The van der Waals surface area contributed by atoms with Gasteiger partial charge in [-0.25, -0.2) is 0 Å². The second kappa shape index (κ2) is 8.05. The van der Waals surface area contributed by atoms with Crippen molar-refractivity contribution in [3.05, 3.63) is 35.9 Å². The molecule has 0 saturated heterocycles. The summed E-state index contributed by atoms with van der Waals surface area (Å²) in [5.41, 5.74) is 0.715. The number of nitriles is 1. The van der Waals surface area contributed by atoms with Crippen molar-refractivity contribution in [2.24, 2.45) is 0 Å². The van der Waals surface area contributed by atoms with E-state index in [0.717, 1.165) is 0 Å². The molecule has 0 N–H and O–H groups in total. The van der Waals surface area contributed by atoms with Gasteiger partial charge >= 0.3 is 35.0 Å². The number of hydrogen-bond acceptors (Lipinski definition) is 1. The predicted octanol–water partition coefficient (Wildman–Crippen LogP) is 2.93. The molecule has 4 heteroatoms. The first-order chi connectivity index (χ1) is 5.35. The standard InChI is InChI=1S/C7H5N.2ClH.Pd/c8-6-7-4-2-1-3-5-7;;;/h1-5H;2*1H;/q;;;+2/p-2. The Hall–Kier alpha value is -0.0477. The normalized spacial score (nSPS) is 7.73. The van der Waals surface area contributed by atoms with E-state index in [9.17, 15) is 0 Å². The van der Waals surface area contributed by atoms with Crippen molar-refractivity contribution < 1.29 is 15.9 Å². The molecule has 0 atom stereocenters. The molecule has 0 heterocycles. The SMILES string of the molecule is N#Cc1ccccc1.[Cl][Pd][Cl]. The van der Waals surface area contributed by atoms with Crippen molar-refractivity contribution in [3.8, 4) is 6.07 Å². The molecule has 0 bridgehead atoms. The second-order valence-electron chi connectivity index (χ2n) is 1.52. The number of rotatable bonds is 0. The fraction of sp³-hybridized carbons (Fsp3) is 0. The number of nitrogens with zero attached hydrogens (tertiary/aromatic N) is 1. The van der Waals surface area contributed by atoms with Gasteiger partial charge in [0.05, 0.1) is 11.6 Å². The molecule has 1 aromatic carbocycles. The van der Waals surface area contributed by atoms with Gasteiger partial charge in [0, 0.05) is 0 Å². The van der Waals surface area contributed by atoms with Crippen molar-refractivity contribution in [2.75, 3.05) is 0 Å². The summed E-state index contributed by atoms with van der Waals surface area (Å²) in [5.74, 6) is 0. The summed E-state index contributed by atoms with van der Waals surface area (Å²) in [6.07, 6.45) is 0. The zero-order chi connectivity index (χ0) is 8.53. The summed E-state index contributed by atoms with van der Waals surface area (Å²) in [6.45, 7) is 0. The van der Waals surface area contributed by atoms with E-state index in [1.54, 1.807) is 12.1 Å². The molecule has 0 saturated carbocycles. The summed E-state index contributed by atoms with van der Waals surface area (Å²) in [4.78, 5) is 0. The van der Waals surface area contributed by atoms with Crippen LogP contribution in [0.1, 0.15) is 5.56 Å². The third-order valence-electron chi connectivity index (χ3n) is 0.903. The molecule has 0 radical (unpaired) electrons. The Morgan fingerprint density at radius 3 is 1.91 bits per heavy atom. The van der Waals surface area contributed by atoms with Crippen LogP contribution in [0.5, 0.6) is 0 Å². The Morgan fingerprint density at radius 1 is 1.18 bits per heavy atom. The van der Waals surface area contributed by atoms with E-state index in [0.29, 0.717) is 5.56 Å². The predicted molar refractivity (Wildman–Crippen MR) is 42.9 cm³/mol. The molecular formula is C7H5Cl2NPd. The van der Waals surface area contributed by atoms with Crippen LogP contribution in [0.4, 0.5) is 0 Å². The zero-order valence-electron chi connectivity index (χ0n) is 5.41. The molecule has 0 amide bonds. The molecule has 62 valence electrons. The van der Waals surface area contributed by atoms with E-state index in [1.165, 1.54) is 0 Å². The second-order valence-corrected chi connectivity index (χ2v) is 3.88. The van der Waals surface area contributed by atoms with E-state index in [2.05, 4.69) is 0 Å². The van der Waals surface area contributed by atoms with Gasteiger partial charge in [0.15, 0.2) is 0 Å². The van der Waals surface area contributed by atoms with Gasteiger partial charge in [-0.3, -0.25) is 0 Å². The van der Waals surface area contributed by atoms with Crippen molar-refractivity contribution >= 4 is 19.1 Å². The molecule has 0 aliphatic rings. The van der Waals surface area contributed by atoms with Gasteiger partial charge in [0.1, 0.15) is 0 Å². The fourth-order valence-electron chi connectivity index (χ4n) is 0.513. The third-order valence-corrected chi connectivity index (χ3v) is 0.903. The maximum atomic E-state index is 8.29. The summed E-state index contributed by atoms with van der Waals surface area (Å²) < 4.78 is 0. The molecule has 0 aromatic heterocycles. The van der Waals surface area contributed by atoms with Crippen LogP contribution in [-0.4, -0.2) is 0 Å². The number of benzene rings is 1. The van der Waals surface area contributed by atoms with Crippen LogP contribution in [0.15, 0.2) is 30.3 Å². The van der Waals surface area contributed by atoms with Gasteiger partial charge < -0.3 is 0 Å². The first kappa shape index (κ1) is 11.0. The molecular weight excluding hydrogens is 275 g/mol. The minimum absolute atomic E-state index is 0.106. The summed E-state index contributed by atoms with van der Waals surface area (Å²) in [6, 6.07) is 11.2. The number of hydrogen-bond donors (Lipinski definition) is 0. The van der Waals surface area contributed by atoms with Crippen LogP contribution in [-0.2, 0) is 15.9 Å². The molecule has 0 aliphatic heterocycles. The first-order valence-electron chi connectivity index (χ1n) is 2.62. The van der Waals surface area contributed by atoms with Gasteiger partial charge in [-0.05, 0) is 12.1 Å². The Kier molecular flexibility index (Phi) is 8.02. The van der Waals surface area contributed by atoms with Crippen LogP contribution < -0.4 is 0 Å². The van der Waals surface area contributed by atoms with E-state index >= 15 is 0 Å². The van der Waals surface area contributed by atoms with Crippen molar-refractivity contribution in [1.82, 2.24) is 0 Å². The van der Waals surface area contributed by atoms with E-state index < -0.39 is 0 Å². The van der Waals surface area contributed by atoms with Gasteiger partial charge in [0.25, 0.3) is 0 Å². The summed E-state index contributed by atoms with van der Waals surface area (Å²) in [7, 11) is 9.63. The Morgan fingerprint density at radius 2 is 1.64 bits per heavy atom. The van der Waals surface area contributed by atoms with Gasteiger partial charge in [0.2, 0.25) is 0 Å². The molecule has 0 spiro atoms. The van der Waals surface area contributed by atoms with Crippen LogP contribution in [0.2, 0.25) is 0 Å². The molecule has 0 fully saturated rings. The van der Waals surface area contributed by atoms with Crippen LogP contribution in [0.3, 0.4) is 0 Å². The van der Waals surface area contributed by atoms with E-state index in [1.807, 2.05) is 24.3 Å². The number of halogens is 2. The van der Waals surface area contributed by atoms with Gasteiger partial charge in [-0.2, -0.15) is 5.26 Å². The molecule has 1 nitrogen and oxygen atoms in total. The van der Waals surface area contributed by atoms with Gasteiger partial charge in [-0.1, -0.05) is 18.2 Å². The van der Waals surface area contributed by atoms with Gasteiger partial charge in [-0.15, -0.1) is 0 Å². The third kappa shape index (κ3) is 6.35. The van der Waals surface area contributed by atoms with Crippen LogP contribution >= 0.6 is 19.1 Å². The quantitative estimate of drug-likeness (QED) is 0.670. The molecule has 0 aliphatic carbocycles. The van der Waals surface area contributed by atoms with Crippen LogP contribution in [0.25, 0.3) is 0 Å². The zero-order valence-corrected chi connectivity index (χ0v) is 8.47. The fourth-order valence-corrected chi connectivity index (χ4v) is 0.513. The molecule has 1 aromatic rings. The molecule has 1 rings (SSSR count).